The van der Waals surface area contributed by atoms with E-state index in [1.54, 1.807) is 0 Å². The summed E-state index contributed by atoms with van der Waals surface area (Å²) in [6.45, 7) is 8.79. The number of hydrogen-bond donors (Lipinski definition) is 1. The molecule has 1 rings (SSSR count). The van der Waals surface area contributed by atoms with Crippen molar-refractivity contribution in [1.82, 2.24) is 0 Å². The van der Waals surface area contributed by atoms with Gasteiger partial charge in [0, 0.05) is 16.2 Å². The van der Waals surface area contributed by atoms with Crippen molar-refractivity contribution >= 4 is 21.6 Å². The Morgan fingerprint density at radius 1 is 1.21 bits per heavy atom. The van der Waals surface area contributed by atoms with E-state index in [0.29, 0.717) is 12.0 Å². The molecule has 14 heavy (non-hydrogen) atoms. The van der Waals surface area contributed by atoms with Crippen molar-refractivity contribution in [1.29, 1.82) is 0 Å². The van der Waals surface area contributed by atoms with Crippen LogP contribution in [0.3, 0.4) is 0 Å². The van der Waals surface area contributed by atoms with Crippen molar-refractivity contribution in [3.8, 4) is 0 Å². The molecular formula is C12H18BrN. The third kappa shape index (κ3) is 3.02. The molecule has 1 atom stereocenters. The van der Waals surface area contributed by atoms with Gasteiger partial charge in [0.25, 0.3) is 0 Å². The van der Waals surface area contributed by atoms with Crippen LogP contribution in [0.25, 0.3) is 0 Å². The van der Waals surface area contributed by atoms with E-state index < -0.39 is 0 Å². The molecule has 0 bridgehead atoms. The normalized spacial score (nSPS) is 13.0. The highest BCUT2D eigenvalue weighted by Crippen LogP contribution is 2.22. The molecule has 1 aromatic rings. The van der Waals surface area contributed by atoms with E-state index >= 15 is 0 Å². The van der Waals surface area contributed by atoms with Crippen LogP contribution in [0.15, 0.2) is 22.7 Å². The smallest absolute Gasteiger partial charge is 0.0383 e. The van der Waals surface area contributed by atoms with E-state index in [9.17, 15) is 0 Å². The number of hydrogen-bond acceptors (Lipinski definition) is 1. The Morgan fingerprint density at radius 3 is 2.43 bits per heavy atom. The Morgan fingerprint density at radius 2 is 1.86 bits per heavy atom. The lowest BCUT2D eigenvalue weighted by atomic mass is 10.1. The maximum Gasteiger partial charge on any atom is 0.0383 e. The highest BCUT2D eigenvalue weighted by Gasteiger charge is 2.07. The minimum Gasteiger partial charge on any atom is -0.382 e. The molecular weight excluding hydrogens is 238 g/mol. The molecule has 0 saturated carbocycles. The van der Waals surface area contributed by atoms with Crippen LogP contribution in [0, 0.1) is 12.8 Å². The van der Waals surface area contributed by atoms with Gasteiger partial charge in [-0.1, -0.05) is 35.8 Å². The van der Waals surface area contributed by atoms with Crippen molar-refractivity contribution in [2.24, 2.45) is 5.92 Å². The maximum absolute atomic E-state index is 3.52. The Labute approximate surface area is 95.0 Å². The van der Waals surface area contributed by atoms with E-state index in [4.69, 9.17) is 0 Å². The van der Waals surface area contributed by atoms with E-state index in [-0.39, 0.29) is 0 Å². The van der Waals surface area contributed by atoms with E-state index in [0.717, 1.165) is 4.47 Å². The van der Waals surface area contributed by atoms with Crippen LogP contribution in [-0.4, -0.2) is 6.04 Å². The van der Waals surface area contributed by atoms with Crippen molar-refractivity contribution in [3.05, 3.63) is 28.2 Å². The second kappa shape index (κ2) is 4.83. The van der Waals surface area contributed by atoms with Crippen LogP contribution in [0.4, 0.5) is 5.69 Å². The topological polar surface area (TPSA) is 12.0 Å². The molecule has 2 heteroatoms. The predicted octanol–water partition coefficient (Wildman–Crippen LogP) is 4.21. The molecule has 0 aliphatic heterocycles. The van der Waals surface area contributed by atoms with Gasteiger partial charge in [-0.25, -0.2) is 0 Å². The van der Waals surface area contributed by atoms with Crippen LogP contribution < -0.4 is 5.32 Å². The summed E-state index contributed by atoms with van der Waals surface area (Å²) in [5.41, 5.74) is 2.52. The third-order valence-corrected chi connectivity index (χ3v) is 3.08. The largest absolute Gasteiger partial charge is 0.382 e. The predicted molar refractivity (Wildman–Crippen MR) is 66.8 cm³/mol. The van der Waals surface area contributed by atoms with E-state index in [1.165, 1.54) is 11.3 Å². The lowest BCUT2D eigenvalue weighted by Gasteiger charge is -2.20. The first kappa shape index (κ1) is 11.6. The number of benzene rings is 1. The van der Waals surface area contributed by atoms with Crippen molar-refractivity contribution < 1.29 is 0 Å². The summed E-state index contributed by atoms with van der Waals surface area (Å²) in [6, 6.07) is 6.83. The van der Waals surface area contributed by atoms with Gasteiger partial charge < -0.3 is 5.32 Å². The molecule has 0 heterocycles. The van der Waals surface area contributed by atoms with Crippen molar-refractivity contribution in [2.45, 2.75) is 33.7 Å². The molecule has 0 aromatic heterocycles. The summed E-state index contributed by atoms with van der Waals surface area (Å²) in [5.74, 6) is 0.647. The average molecular weight is 256 g/mol. The van der Waals surface area contributed by atoms with Crippen LogP contribution in [0.5, 0.6) is 0 Å². The zero-order chi connectivity index (χ0) is 10.7. The SMILES string of the molecule is Cc1ccc(Br)cc1NC(C)C(C)C. The van der Waals surface area contributed by atoms with Gasteiger partial charge in [-0.3, -0.25) is 0 Å². The summed E-state index contributed by atoms with van der Waals surface area (Å²) in [7, 11) is 0. The molecule has 1 aromatic carbocycles. The highest BCUT2D eigenvalue weighted by atomic mass is 79.9. The molecule has 1 unspecified atom stereocenters. The molecule has 0 spiro atoms. The summed E-state index contributed by atoms with van der Waals surface area (Å²) < 4.78 is 1.13. The van der Waals surface area contributed by atoms with Gasteiger partial charge in [-0.05, 0) is 37.5 Å². The van der Waals surface area contributed by atoms with Gasteiger partial charge in [0.15, 0.2) is 0 Å². The van der Waals surface area contributed by atoms with Crippen LogP contribution >= 0.6 is 15.9 Å². The quantitative estimate of drug-likeness (QED) is 0.854. The number of halogens is 1. The summed E-state index contributed by atoms with van der Waals surface area (Å²) in [6.07, 6.45) is 0. The number of nitrogens with one attached hydrogen (secondary N) is 1. The molecule has 0 saturated heterocycles. The van der Waals surface area contributed by atoms with Crippen molar-refractivity contribution in [2.75, 3.05) is 5.32 Å². The molecule has 1 N–H and O–H groups in total. The Hall–Kier alpha value is -0.500. The number of aryl methyl sites for hydroxylation is 1. The van der Waals surface area contributed by atoms with Crippen LogP contribution in [0.1, 0.15) is 26.3 Å². The molecule has 0 aliphatic carbocycles. The Kier molecular flexibility index (Phi) is 3.99. The Balaban J connectivity index is 2.80. The number of anilines is 1. The first-order chi connectivity index (χ1) is 6.50. The van der Waals surface area contributed by atoms with Crippen LogP contribution in [-0.2, 0) is 0 Å². The first-order valence-corrected chi connectivity index (χ1v) is 5.82. The molecule has 78 valence electrons. The standard InChI is InChI=1S/C12H18BrN/c1-8(2)10(4)14-12-7-11(13)6-5-9(12)3/h5-8,10,14H,1-4H3. The fourth-order valence-corrected chi connectivity index (χ4v) is 1.52. The zero-order valence-corrected chi connectivity index (χ0v) is 10.9. The van der Waals surface area contributed by atoms with Gasteiger partial charge >= 0.3 is 0 Å². The zero-order valence-electron chi connectivity index (χ0n) is 9.26. The van der Waals surface area contributed by atoms with Gasteiger partial charge in [0.05, 0.1) is 0 Å². The summed E-state index contributed by atoms with van der Waals surface area (Å²) in [4.78, 5) is 0. The van der Waals surface area contributed by atoms with Gasteiger partial charge in [0.1, 0.15) is 0 Å². The van der Waals surface area contributed by atoms with Gasteiger partial charge in [-0.15, -0.1) is 0 Å². The minimum atomic E-state index is 0.503. The summed E-state index contributed by atoms with van der Waals surface area (Å²) >= 11 is 3.48. The lowest BCUT2D eigenvalue weighted by Crippen LogP contribution is -2.21. The van der Waals surface area contributed by atoms with E-state index in [2.05, 4.69) is 67.1 Å². The third-order valence-electron chi connectivity index (χ3n) is 2.58. The monoisotopic (exact) mass is 255 g/mol. The Bertz CT molecular complexity index is 307. The van der Waals surface area contributed by atoms with Crippen molar-refractivity contribution in [3.63, 3.8) is 0 Å². The average Bonchev–Trinajstić information content (AvgIpc) is 2.11. The fourth-order valence-electron chi connectivity index (χ4n) is 1.16. The molecule has 0 radical (unpaired) electrons. The second-order valence-electron chi connectivity index (χ2n) is 4.14. The highest BCUT2D eigenvalue weighted by molar-refractivity contribution is 9.10. The van der Waals surface area contributed by atoms with Crippen LogP contribution in [0.2, 0.25) is 0 Å². The first-order valence-electron chi connectivity index (χ1n) is 5.03. The molecule has 0 amide bonds. The van der Waals surface area contributed by atoms with Gasteiger partial charge in [-0.2, -0.15) is 0 Å². The number of rotatable bonds is 3. The summed E-state index contributed by atoms with van der Waals surface area (Å²) in [5, 5.41) is 3.52. The maximum atomic E-state index is 3.52. The van der Waals surface area contributed by atoms with Gasteiger partial charge in [0.2, 0.25) is 0 Å². The molecule has 1 nitrogen and oxygen atoms in total. The second-order valence-corrected chi connectivity index (χ2v) is 5.05. The lowest BCUT2D eigenvalue weighted by molar-refractivity contribution is 0.560. The fraction of sp³-hybridized carbons (Fsp3) is 0.500. The van der Waals surface area contributed by atoms with E-state index in [1.807, 2.05) is 0 Å². The molecule has 0 aliphatic rings. The minimum absolute atomic E-state index is 0.503. The molecule has 0 fully saturated rings.